The maximum absolute atomic E-state index is 11.2. The SMILES string of the molecule is CC(C)(CCCCCCOCc1ccccc1)C(=O)Cl. The van der Waals surface area contributed by atoms with Gasteiger partial charge in [-0.2, -0.15) is 0 Å². The molecule has 0 fully saturated rings. The van der Waals surface area contributed by atoms with Gasteiger partial charge in [-0.05, 0) is 30.0 Å². The van der Waals surface area contributed by atoms with Crippen LogP contribution in [0.4, 0.5) is 0 Å². The molecule has 112 valence electrons. The molecule has 0 N–H and O–H groups in total. The number of rotatable bonds is 10. The average Bonchev–Trinajstić information content (AvgIpc) is 2.42. The smallest absolute Gasteiger partial charge is 0.227 e. The monoisotopic (exact) mass is 296 g/mol. The minimum absolute atomic E-state index is 0.233. The Labute approximate surface area is 127 Å². The minimum atomic E-state index is -0.384. The summed E-state index contributed by atoms with van der Waals surface area (Å²) in [6.07, 6.45) is 5.25. The van der Waals surface area contributed by atoms with Gasteiger partial charge in [0.2, 0.25) is 5.24 Å². The summed E-state index contributed by atoms with van der Waals surface area (Å²) < 4.78 is 5.63. The van der Waals surface area contributed by atoms with Crippen LogP contribution in [-0.2, 0) is 16.1 Å². The van der Waals surface area contributed by atoms with Gasteiger partial charge in [-0.15, -0.1) is 0 Å². The van der Waals surface area contributed by atoms with E-state index in [0.717, 1.165) is 38.7 Å². The first-order valence-corrected chi connectivity index (χ1v) is 7.72. The lowest BCUT2D eigenvalue weighted by atomic mass is 9.88. The van der Waals surface area contributed by atoms with E-state index in [-0.39, 0.29) is 10.7 Å². The van der Waals surface area contributed by atoms with Gasteiger partial charge in [0.25, 0.3) is 0 Å². The summed E-state index contributed by atoms with van der Waals surface area (Å²) in [7, 11) is 0. The zero-order valence-corrected chi connectivity index (χ0v) is 13.3. The van der Waals surface area contributed by atoms with Gasteiger partial charge in [0.1, 0.15) is 0 Å². The van der Waals surface area contributed by atoms with Crippen molar-refractivity contribution in [1.82, 2.24) is 0 Å². The second-order valence-corrected chi connectivity index (χ2v) is 6.20. The average molecular weight is 297 g/mol. The number of carbonyl (C=O) groups excluding carboxylic acids is 1. The van der Waals surface area contributed by atoms with Crippen molar-refractivity contribution in [2.75, 3.05) is 6.61 Å². The lowest BCUT2D eigenvalue weighted by Crippen LogP contribution is -2.19. The van der Waals surface area contributed by atoms with Gasteiger partial charge in [-0.25, -0.2) is 0 Å². The van der Waals surface area contributed by atoms with Crippen molar-refractivity contribution in [3.63, 3.8) is 0 Å². The van der Waals surface area contributed by atoms with Crippen LogP contribution in [-0.4, -0.2) is 11.8 Å². The molecule has 0 amide bonds. The number of halogens is 1. The quantitative estimate of drug-likeness (QED) is 0.451. The summed E-state index contributed by atoms with van der Waals surface area (Å²) in [4.78, 5) is 11.2. The Bertz CT molecular complexity index is 387. The molecule has 0 saturated heterocycles. The molecule has 0 spiro atoms. The van der Waals surface area contributed by atoms with Crippen LogP contribution >= 0.6 is 11.6 Å². The standard InChI is InChI=1S/C17H25ClO2/c1-17(2,16(18)19)12-8-3-4-9-13-20-14-15-10-6-5-7-11-15/h5-7,10-11H,3-4,8-9,12-14H2,1-2H3. The lowest BCUT2D eigenvalue weighted by Gasteiger charge is -2.18. The van der Waals surface area contributed by atoms with Gasteiger partial charge in [-0.1, -0.05) is 63.4 Å². The van der Waals surface area contributed by atoms with Crippen molar-refractivity contribution in [1.29, 1.82) is 0 Å². The topological polar surface area (TPSA) is 26.3 Å². The molecule has 0 radical (unpaired) electrons. The number of hydrogen-bond acceptors (Lipinski definition) is 2. The molecule has 1 aromatic carbocycles. The van der Waals surface area contributed by atoms with E-state index in [1.54, 1.807) is 0 Å². The van der Waals surface area contributed by atoms with Crippen LogP contribution in [0.5, 0.6) is 0 Å². The minimum Gasteiger partial charge on any atom is -0.377 e. The number of ether oxygens (including phenoxy) is 1. The molecule has 20 heavy (non-hydrogen) atoms. The largest absolute Gasteiger partial charge is 0.377 e. The van der Waals surface area contributed by atoms with E-state index in [9.17, 15) is 4.79 Å². The van der Waals surface area contributed by atoms with Crippen molar-refractivity contribution in [2.45, 2.75) is 52.6 Å². The first kappa shape index (κ1) is 17.2. The number of benzene rings is 1. The Hall–Kier alpha value is -0.860. The Morgan fingerprint density at radius 3 is 2.40 bits per heavy atom. The van der Waals surface area contributed by atoms with Crippen LogP contribution in [0.1, 0.15) is 51.5 Å². The second kappa shape index (κ2) is 9.15. The molecule has 0 aromatic heterocycles. The molecule has 1 aromatic rings. The van der Waals surface area contributed by atoms with Crippen LogP contribution < -0.4 is 0 Å². The molecule has 0 unspecified atom stereocenters. The van der Waals surface area contributed by atoms with Crippen molar-refractivity contribution in [3.05, 3.63) is 35.9 Å². The highest BCUT2D eigenvalue weighted by atomic mass is 35.5. The molecule has 0 atom stereocenters. The number of carbonyl (C=O) groups is 1. The highest BCUT2D eigenvalue weighted by molar-refractivity contribution is 6.64. The highest BCUT2D eigenvalue weighted by Gasteiger charge is 2.24. The fourth-order valence-electron chi connectivity index (χ4n) is 1.99. The molecule has 0 heterocycles. The third kappa shape index (κ3) is 7.06. The Kier molecular flexibility index (Phi) is 7.86. The van der Waals surface area contributed by atoms with Gasteiger partial charge in [-0.3, -0.25) is 4.79 Å². The molecular formula is C17H25ClO2. The first-order chi connectivity index (χ1) is 9.52. The molecule has 0 saturated carbocycles. The zero-order valence-electron chi connectivity index (χ0n) is 12.5. The predicted octanol–water partition coefficient (Wildman–Crippen LogP) is 4.95. The van der Waals surface area contributed by atoms with E-state index in [1.807, 2.05) is 32.0 Å². The molecule has 0 aliphatic carbocycles. The van der Waals surface area contributed by atoms with Crippen LogP contribution in [0.3, 0.4) is 0 Å². The number of hydrogen-bond donors (Lipinski definition) is 0. The van der Waals surface area contributed by atoms with E-state index in [0.29, 0.717) is 6.61 Å². The Morgan fingerprint density at radius 2 is 1.75 bits per heavy atom. The van der Waals surface area contributed by atoms with E-state index >= 15 is 0 Å². The first-order valence-electron chi connectivity index (χ1n) is 7.34. The Morgan fingerprint density at radius 1 is 1.10 bits per heavy atom. The van der Waals surface area contributed by atoms with Crippen molar-refractivity contribution in [3.8, 4) is 0 Å². The van der Waals surface area contributed by atoms with Gasteiger partial charge < -0.3 is 4.74 Å². The van der Waals surface area contributed by atoms with Gasteiger partial charge >= 0.3 is 0 Å². The van der Waals surface area contributed by atoms with Crippen LogP contribution in [0, 0.1) is 5.41 Å². The molecule has 1 rings (SSSR count). The number of unbranched alkanes of at least 4 members (excludes halogenated alkanes) is 3. The molecular weight excluding hydrogens is 272 g/mol. The molecule has 0 aliphatic heterocycles. The van der Waals surface area contributed by atoms with Crippen LogP contribution in [0.25, 0.3) is 0 Å². The zero-order chi connectivity index (χ0) is 14.8. The van der Waals surface area contributed by atoms with E-state index in [2.05, 4.69) is 12.1 Å². The fraction of sp³-hybridized carbons (Fsp3) is 0.588. The molecule has 0 bridgehead atoms. The van der Waals surface area contributed by atoms with E-state index < -0.39 is 0 Å². The molecule has 0 aliphatic rings. The Balaban J connectivity index is 1.97. The van der Waals surface area contributed by atoms with Gasteiger partial charge in [0.05, 0.1) is 6.61 Å². The van der Waals surface area contributed by atoms with E-state index in [1.165, 1.54) is 5.56 Å². The van der Waals surface area contributed by atoms with Gasteiger partial charge in [0, 0.05) is 12.0 Å². The summed E-state index contributed by atoms with van der Waals surface area (Å²) in [6.45, 7) is 5.30. The van der Waals surface area contributed by atoms with Gasteiger partial charge in [0.15, 0.2) is 0 Å². The fourth-order valence-corrected chi connectivity index (χ4v) is 2.08. The molecule has 3 heteroatoms. The maximum atomic E-state index is 11.2. The summed E-state index contributed by atoms with van der Waals surface area (Å²) in [5.41, 5.74) is 0.834. The normalized spacial score (nSPS) is 11.6. The van der Waals surface area contributed by atoms with Crippen LogP contribution in [0.15, 0.2) is 30.3 Å². The summed E-state index contributed by atoms with van der Waals surface area (Å²) in [6, 6.07) is 10.2. The maximum Gasteiger partial charge on any atom is 0.227 e. The van der Waals surface area contributed by atoms with E-state index in [4.69, 9.17) is 16.3 Å². The second-order valence-electron chi connectivity index (χ2n) is 5.86. The lowest BCUT2D eigenvalue weighted by molar-refractivity contribution is -0.119. The summed E-state index contributed by atoms with van der Waals surface area (Å²) >= 11 is 5.55. The summed E-state index contributed by atoms with van der Waals surface area (Å²) in [5.74, 6) is 0. The third-order valence-electron chi connectivity index (χ3n) is 3.48. The third-order valence-corrected chi connectivity index (χ3v) is 4.00. The highest BCUT2D eigenvalue weighted by Crippen LogP contribution is 2.26. The summed E-state index contributed by atoms with van der Waals surface area (Å²) in [5, 5.41) is -0.233. The van der Waals surface area contributed by atoms with Crippen molar-refractivity contribution in [2.24, 2.45) is 5.41 Å². The van der Waals surface area contributed by atoms with Crippen LogP contribution in [0.2, 0.25) is 0 Å². The van der Waals surface area contributed by atoms with Crippen molar-refractivity contribution < 1.29 is 9.53 Å². The van der Waals surface area contributed by atoms with Crippen molar-refractivity contribution >= 4 is 16.8 Å². The predicted molar refractivity (Wildman–Crippen MR) is 83.8 cm³/mol. The molecule has 2 nitrogen and oxygen atoms in total.